The lowest BCUT2D eigenvalue weighted by Gasteiger charge is -2.17. The molecule has 0 aliphatic heterocycles. The zero-order valence-electron chi connectivity index (χ0n) is 10.3. The second kappa shape index (κ2) is 6.12. The van der Waals surface area contributed by atoms with Crippen molar-refractivity contribution in [1.29, 1.82) is 0 Å². The van der Waals surface area contributed by atoms with Gasteiger partial charge in [-0.1, -0.05) is 0 Å². The average Bonchev–Trinajstić information content (AvgIpc) is 2.35. The standard InChI is InChI=1S/C11H11F5N2O2/c1-20-8(19)3-6-9(11(14,15)16)5(4-17)2-7(18-6)10(12)13/h2,10H,3-4,17H2,1H3. The van der Waals surface area contributed by atoms with Crippen LogP contribution in [-0.2, 0) is 28.7 Å². The monoisotopic (exact) mass is 298 g/mol. The van der Waals surface area contributed by atoms with Crippen LogP contribution in [0.25, 0.3) is 0 Å². The topological polar surface area (TPSA) is 65.2 Å². The van der Waals surface area contributed by atoms with Crippen LogP contribution in [0.5, 0.6) is 0 Å². The smallest absolute Gasteiger partial charge is 0.418 e. The highest BCUT2D eigenvalue weighted by Crippen LogP contribution is 2.36. The summed E-state index contributed by atoms with van der Waals surface area (Å²) < 4.78 is 68.3. The summed E-state index contributed by atoms with van der Waals surface area (Å²) >= 11 is 0. The van der Waals surface area contributed by atoms with Gasteiger partial charge in [0.25, 0.3) is 6.43 Å². The summed E-state index contributed by atoms with van der Waals surface area (Å²) in [6, 6.07) is 0.592. The number of esters is 1. The van der Waals surface area contributed by atoms with Crippen LogP contribution in [0.2, 0.25) is 0 Å². The molecule has 0 saturated carbocycles. The average molecular weight is 298 g/mol. The van der Waals surface area contributed by atoms with E-state index in [-0.39, 0.29) is 0 Å². The maximum atomic E-state index is 12.9. The van der Waals surface area contributed by atoms with Crippen molar-refractivity contribution in [3.63, 3.8) is 0 Å². The number of hydrogen-bond donors (Lipinski definition) is 1. The highest BCUT2D eigenvalue weighted by atomic mass is 19.4. The van der Waals surface area contributed by atoms with E-state index in [9.17, 15) is 26.7 Å². The minimum Gasteiger partial charge on any atom is -0.469 e. The normalized spacial score (nSPS) is 11.8. The second-order valence-corrected chi connectivity index (χ2v) is 3.78. The molecule has 9 heteroatoms. The molecule has 0 aromatic carbocycles. The van der Waals surface area contributed by atoms with Crippen LogP contribution in [0.4, 0.5) is 22.0 Å². The summed E-state index contributed by atoms with van der Waals surface area (Å²) in [6.45, 7) is -0.606. The zero-order chi connectivity index (χ0) is 15.5. The lowest BCUT2D eigenvalue weighted by molar-refractivity contribution is -0.142. The molecule has 0 amide bonds. The van der Waals surface area contributed by atoms with Crippen LogP contribution in [0.3, 0.4) is 0 Å². The molecule has 0 unspecified atom stereocenters. The van der Waals surface area contributed by atoms with Crippen molar-refractivity contribution in [3.8, 4) is 0 Å². The number of nitrogens with two attached hydrogens (primary N) is 1. The molecule has 0 bridgehead atoms. The van der Waals surface area contributed by atoms with E-state index in [1.54, 1.807) is 0 Å². The predicted molar refractivity (Wildman–Crippen MR) is 57.8 cm³/mol. The summed E-state index contributed by atoms with van der Waals surface area (Å²) in [5.41, 5.74) is 1.67. The Morgan fingerprint density at radius 3 is 2.45 bits per heavy atom. The second-order valence-electron chi connectivity index (χ2n) is 3.78. The number of methoxy groups -OCH3 is 1. The molecule has 1 aromatic rings. The number of carbonyl (C=O) groups is 1. The number of carbonyl (C=O) groups excluding carboxylic acids is 1. The summed E-state index contributed by atoms with van der Waals surface area (Å²) in [7, 11) is 0.969. The van der Waals surface area contributed by atoms with Gasteiger partial charge in [-0.05, 0) is 11.6 Å². The van der Waals surface area contributed by atoms with Gasteiger partial charge in [0, 0.05) is 6.54 Å². The number of halogens is 5. The third-order valence-corrected chi connectivity index (χ3v) is 2.46. The van der Waals surface area contributed by atoms with Gasteiger partial charge in [-0.25, -0.2) is 8.78 Å². The lowest BCUT2D eigenvalue weighted by atomic mass is 10.0. The number of hydrogen-bond acceptors (Lipinski definition) is 4. The summed E-state index contributed by atoms with van der Waals surface area (Å²) in [4.78, 5) is 14.3. The number of nitrogens with zero attached hydrogens (tertiary/aromatic N) is 1. The van der Waals surface area contributed by atoms with Gasteiger partial charge in [0.2, 0.25) is 0 Å². The van der Waals surface area contributed by atoms with E-state index in [1.165, 1.54) is 0 Å². The quantitative estimate of drug-likeness (QED) is 0.683. The van der Waals surface area contributed by atoms with Crippen molar-refractivity contribution in [2.24, 2.45) is 5.73 Å². The number of pyridine rings is 1. The van der Waals surface area contributed by atoms with Crippen LogP contribution >= 0.6 is 0 Å². The molecule has 0 atom stereocenters. The van der Waals surface area contributed by atoms with Crippen LogP contribution in [-0.4, -0.2) is 18.1 Å². The molecule has 1 rings (SSSR count). The molecule has 0 aliphatic rings. The third kappa shape index (κ3) is 3.62. The van der Waals surface area contributed by atoms with Crippen molar-refractivity contribution < 1.29 is 31.5 Å². The van der Waals surface area contributed by atoms with E-state index in [2.05, 4.69) is 9.72 Å². The maximum Gasteiger partial charge on any atom is 0.418 e. The van der Waals surface area contributed by atoms with Crippen molar-refractivity contribution >= 4 is 5.97 Å². The first-order valence-corrected chi connectivity index (χ1v) is 5.35. The molecule has 0 saturated heterocycles. The molecular formula is C11H11F5N2O2. The van der Waals surface area contributed by atoms with E-state index < -0.39 is 54.1 Å². The zero-order valence-corrected chi connectivity index (χ0v) is 10.3. The Balaban J connectivity index is 3.48. The van der Waals surface area contributed by atoms with Gasteiger partial charge in [0.1, 0.15) is 5.69 Å². The van der Waals surface area contributed by atoms with Crippen molar-refractivity contribution in [1.82, 2.24) is 4.98 Å². The fourth-order valence-corrected chi connectivity index (χ4v) is 1.64. The van der Waals surface area contributed by atoms with Gasteiger partial charge < -0.3 is 10.5 Å². The highest BCUT2D eigenvalue weighted by Gasteiger charge is 2.38. The number of alkyl halides is 5. The largest absolute Gasteiger partial charge is 0.469 e. The molecule has 0 fully saturated rings. The Bertz CT molecular complexity index is 502. The molecule has 0 aliphatic carbocycles. The molecule has 0 spiro atoms. The van der Waals surface area contributed by atoms with Crippen LogP contribution in [0.1, 0.15) is 28.9 Å². The first kappa shape index (κ1) is 16.3. The van der Waals surface area contributed by atoms with Crippen molar-refractivity contribution in [3.05, 3.63) is 28.6 Å². The molecule has 1 heterocycles. The SMILES string of the molecule is COC(=O)Cc1nc(C(F)F)cc(CN)c1C(F)(F)F. The minimum absolute atomic E-state index is 0.540. The number of rotatable bonds is 4. The van der Waals surface area contributed by atoms with Crippen LogP contribution < -0.4 is 5.73 Å². The van der Waals surface area contributed by atoms with Gasteiger partial charge in [0.15, 0.2) is 0 Å². The molecule has 20 heavy (non-hydrogen) atoms. The Kier molecular flexibility index (Phi) is 4.98. The summed E-state index contributed by atoms with van der Waals surface area (Å²) in [5, 5.41) is 0. The number of ether oxygens (including phenoxy) is 1. The molecule has 4 nitrogen and oxygen atoms in total. The van der Waals surface area contributed by atoms with Gasteiger partial charge in [0.05, 0.1) is 24.8 Å². The van der Waals surface area contributed by atoms with E-state index >= 15 is 0 Å². The molecule has 2 N–H and O–H groups in total. The fourth-order valence-electron chi connectivity index (χ4n) is 1.64. The van der Waals surface area contributed by atoms with Crippen LogP contribution in [0, 0.1) is 0 Å². The first-order chi connectivity index (χ1) is 9.20. The van der Waals surface area contributed by atoms with E-state index in [0.717, 1.165) is 7.11 Å². The van der Waals surface area contributed by atoms with Gasteiger partial charge >= 0.3 is 12.1 Å². The summed E-state index contributed by atoms with van der Waals surface area (Å²) in [6.07, 6.45) is -8.79. The molecular weight excluding hydrogens is 287 g/mol. The van der Waals surface area contributed by atoms with Gasteiger partial charge in [-0.2, -0.15) is 13.2 Å². The molecule has 0 radical (unpaired) electrons. The first-order valence-electron chi connectivity index (χ1n) is 5.35. The minimum atomic E-state index is -4.86. The van der Waals surface area contributed by atoms with E-state index in [4.69, 9.17) is 5.73 Å². The van der Waals surface area contributed by atoms with Crippen molar-refractivity contribution in [2.45, 2.75) is 25.6 Å². The maximum absolute atomic E-state index is 12.9. The Hall–Kier alpha value is -1.77. The van der Waals surface area contributed by atoms with E-state index in [0.29, 0.717) is 6.07 Å². The molecule has 1 aromatic heterocycles. The Morgan fingerprint density at radius 1 is 1.45 bits per heavy atom. The van der Waals surface area contributed by atoms with Gasteiger partial charge in [-0.3, -0.25) is 9.78 Å². The Morgan fingerprint density at radius 2 is 2.05 bits per heavy atom. The lowest BCUT2D eigenvalue weighted by Crippen LogP contribution is -2.20. The summed E-state index contributed by atoms with van der Waals surface area (Å²) in [5.74, 6) is -1.02. The predicted octanol–water partition coefficient (Wildman–Crippen LogP) is 2.21. The van der Waals surface area contributed by atoms with E-state index in [1.807, 2.05) is 0 Å². The van der Waals surface area contributed by atoms with Crippen LogP contribution in [0.15, 0.2) is 6.07 Å². The number of aromatic nitrogens is 1. The molecule has 112 valence electrons. The van der Waals surface area contributed by atoms with Gasteiger partial charge in [-0.15, -0.1) is 0 Å². The fraction of sp³-hybridized carbons (Fsp3) is 0.455. The van der Waals surface area contributed by atoms with Crippen molar-refractivity contribution in [2.75, 3.05) is 7.11 Å². The Labute approximate surface area is 110 Å². The highest BCUT2D eigenvalue weighted by molar-refractivity contribution is 5.72. The third-order valence-electron chi connectivity index (χ3n) is 2.46.